The number of hydrogen-bond acceptors (Lipinski definition) is 8. The Morgan fingerprint density at radius 1 is 1.03 bits per heavy atom. The van der Waals surface area contributed by atoms with Crippen LogP contribution in [0.2, 0.25) is 0 Å². The zero-order valence-electron chi connectivity index (χ0n) is 17.8. The molecular formula is C22H26N8S. The fourth-order valence-corrected chi connectivity index (χ4v) is 5.02. The van der Waals surface area contributed by atoms with E-state index in [0.717, 1.165) is 61.7 Å². The quantitative estimate of drug-likeness (QED) is 0.498. The molecule has 8 nitrogen and oxygen atoms in total. The second kappa shape index (κ2) is 8.68. The number of tetrazole rings is 1. The third-order valence-corrected chi connectivity index (χ3v) is 6.53. The number of aromatic amines is 1. The lowest BCUT2D eigenvalue weighted by Gasteiger charge is -2.35. The number of aromatic nitrogens is 6. The number of nitrogens with one attached hydrogen (secondary N) is 1. The zero-order valence-corrected chi connectivity index (χ0v) is 18.6. The summed E-state index contributed by atoms with van der Waals surface area (Å²) in [7, 11) is 0. The normalized spacial score (nSPS) is 15.3. The Bertz CT molecular complexity index is 1110. The van der Waals surface area contributed by atoms with Crippen LogP contribution in [0.1, 0.15) is 24.5 Å². The minimum atomic E-state index is 0.557. The molecule has 0 radical (unpaired) electrons. The minimum absolute atomic E-state index is 0.557. The van der Waals surface area contributed by atoms with Gasteiger partial charge in [-0.3, -0.25) is 4.90 Å². The minimum Gasteiger partial charge on any atom is -0.353 e. The standard InChI is InChI=1S/C22H26N8S/c1-15(2)13-16-7-8-17(21-25-27-28-26-21)22(23-16)30-11-9-29(10-12-30)14-20-24-18-5-3-4-6-19(18)31-20/h3-8,15H,9-14H2,1-2H3,(H,25,26,27,28). The molecule has 1 fully saturated rings. The van der Waals surface area contributed by atoms with Crippen LogP contribution >= 0.6 is 11.3 Å². The molecule has 4 aromatic rings. The van der Waals surface area contributed by atoms with Gasteiger partial charge in [-0.05, 0) is 41.8 Å². The Kier molecular flexibility index (Phi) is 5.61. The maximum Gasteiger partial charge on any atom is 0.208 e. The highest BCUT2D eigenvalue weighted by Crippen LogP contribution is 2.29. The average Bonchev–Trinajstić information content (AvgIpc) is 3.43. The van der Waals surface area contributed by atoms with E-state index in [4.69, 9.17) is 9.97 Å². The number of fused-ring (bicyclic) bond motifs is 1. The van der Waals surface area contributed by atoms with Crippen LogP contribution < -0.4 is 4.90 Å². The first kappa shape index (κ1) is 20.0. The summed E-state index contributed by atoms with van der Waals surface area (Å²) in [5.41, 5.74) is 3.13. The highest BCUT2D eigenvalue weighted by atomic mass is 32.1. The number of thiazole rings is 1. The molecule has 0 aliphatic carbocycles. The van der Waals surface area contributed by atoms with Gasteiger partial charge in [-0.2, -0.15) is 5.21 Å². The number of para-hydroxylation sites is 1. The Balaban J connectivity index is 1.32. The van der Waals surface area contributed by atoms with Gasteiger partial charge in [0.25, 0.3) is 0 Å². The number of nitrogens with zero attached hydrogens (tertiary/aromatic N) is 7. The van der Waals surface area contributed by atoms with Crippen molar-refractivity contribution >= 4 is 27.4 Å². The molecule has 5 rings (SSSR count). The summed E-state index contributed by atoms with van der Waals surface area (Å²) in [4.78, 5) is 14.6. The molecule has 4 heterocycles. The molecule has 0 unspecified atom stereocenters. The highest BCUT2D eigenvalue weighted by Gasteiger charge is 2.23. The number of anilines is 1. The third-order valence-electron chi connectivity index (χ3n) is 5.51. The van der Waals surface area contributed by atoms with Crippen molar-refractivity contribution in [3.8, 4) is 11.4 Å². The summed E-state index contributed by atoms with van der Waals surface area (Å²) in [5.74, 6) is 2.11. The van der Waals surface area contributed by atoms with Gasteiger partial charge in [0.05, 0.1) is 22.3 Å². The van der Waals surface area contributed by atoms with E-state index in [0.29, 0.717) is 11.7 Å². The lowest BCUT2D eigenvalue weighted by atomic mass is 10.1. The third kappa shape index (κ3) is 4.42. The van der Waals surface area contributed by atoms with E-state index in [1.54, 1.807) is 11.3 Å². The smallest absolute Gasteiger partial charge is 0.208 e. The average molecular weight is 435 g/mol. The molecule has 1 aliphatic heterocycles. The van der Waals surface area contributed by atoms with Crippen molar-refractivity contribution in [2.75, 3.05) is 31.1 Å². The van der Waals surface area contributed by atoms with Crippen LogP contribution in [0.4, 0.5) is 5.82 Å². The summed E-state index contributed by atoms with van der Waals surface area (Å²) in [5, 5.41) is 15.9. The van der Waals surface area contributed by atoms with Crippen LogP contribution in [0, 0.1) is 5.92 Å². The lowest BCUT2D eigenvalue weighted by Crippen LogP contribution is -2.46. The summed E-state index contributed by atoms with van der Waals surface area (Å²) < 4.78 is 1.26. The molecular weight excluding hydrogens is 408 g/mol. The van der Waals surface area contributed by atoms with Gasteiger partial charge in [-0.25, -0.2) is 9.97 Å². The van der Waals surface area contributed by atoms with E-state index in [1.807, 2.05) is 6.07 Å². The first-order chi connectivity index (χ1) is 15.2. The topological polar surface area (TPSA) is 86.7 Å². The van der Waals surface area contributed by atoms with Crippen LogP contribution in [0.15, 0.2) is 36.4 Å². The predicted octanol–water partition coefficient (Wildman–Crippen LogP) is 3.39. The molecule has 0 bridgehead atoms. The molecule has 0 amide bonds. The molecule has 1 aliphatic rings. The first-order valence-electron chi connectivity index (χ1n) is 10.7. The molecule has 1 aromatic carbocycles. The van der Waals surface area contributed by atoms with E-state index in [-0.39, 0.29) is 0 Å². The molecule has 9 heteroatoms. The SMILES string of the molecule is CC(C)Cc1ccc(-c2nn[nH]n2)c(N2CCN(Cc3nc4ccccc4s3)CC2)n1. The number of H-pyrrole nitrogens is 1. The molecule has 31 heavy (non-hydrogen) atoms. The second-order valence-electron chi connectivity index (χ2n) is 8.35. The first-order valence-corrected chi connectivity index (χ1v) is 11.5. The predicted molar refractivity (Wildman–Crippen MR) is 123 cm³/mol. The van der Waals surface area contributed by atoms with Gasteiger partial charge in [0.1, 0.15) is 10.8 Å². The lowest BCUT2D eigenvalue weighted by molar-refractivity contribution is 0.249. The van der Waals surface area contributed by atoms with Gasteiger partial charge in [-0.1, -0.05) is 26.0 Å². The van der Waals surface area contributed by atoms with E-state index in [1.165, 1.54) is 9.71 Å². The molecule has 160 valence electrons. The monoisotopic (exact) mass is 434 g/mol. The summed E-state index contributed by atoms with van der Waals surface area (Å²) in [6.45, 7) is 9.09. The maximum absolute atomic E-state index is 5.01. The van der Waals surface area contributed by atoms with Crippen LogP contribution in [0.25, 0.3) is 21.6 Å². The van der Waals surface area contributed by atoms with Crippen molar-refractivity contribution in [2.24, 2.45) is 5.92 Å². The van der Waals surface area contributed by atoms with Gasteiger partial charge in [-0.15, -0.1) is 21.5 Å². The van der Waals surface area contributed by atoms with E-state index in [9.17, 15) is 0 Å². The van der Waals surface area contributed by atoms with Crippen molar-refractivity contribution in [2.45, 2.75) is 26.8 Å². The zero-order chi connectivity index (χ0) is 21.2. The summed E-state index contributed by atoms with van der Waals surface area (Å²) >= 11 is 1.79. The summed E-state index contributed by atoms with van der Waals surface area (Å²) in [6.07, 6.45) is 0.955. The fourth-order valence-electron chi connectivity index (χ4n) is 4.01. The van der Waals surface area contributed by atoms with Crippen molar-refractivity contribution in [1.29, 1.82) is 0 Å². The summed E-state index contributed by atoms with van der Waals surface area (Å²) in [6, 6.07) is 12.5. The Morgan fingerprint density at radius 2 is 1.87 bits per heavy atom. The van der Waals surface area contributed by atoms with Crippen molar-refractivity contribution < 1.29 is 0 Å². The van der Waals surface area contributed by atoms with Crippen molar-refractivity contribution in [1.82, 2.24) is 35.5 Å². The van der Waals surface area contributed by atoms with Crippen LogP contribution in [0.3, 0.4) is 0 Å². The largest absolute Gasteiger partial charge is 0.353 e. The molecule has 1 saturated heterocycles. The van der Waals surface area contributed by atoms with E-state index in [2.05, 4.69) is 74.6 Å². The number of piperazine rings is 1. The van der Waals surface area contributed by atoms with Crippen LogP contribution in [-0.2, 0) is 13.0 Å². The number of hydrogen-bond donors (Lipinski definition) is 1. The fraction of sp³-hybridized carbons (Fsp3) is 0.409. The Labute approximate surface area is 185 Å². The molecule has 3 aromatic heterocycles. The second-order valence-corrected chi connectivity index (χ2v) is 9.46. The number of benzene rings is 1. The number of pyridine rings is 1. The van der Waals surface area contributed by atoms with Gasteiger partial charge < -0.3 is 4.90 Å². The molecule has 0 atom stereocenters. The van der Waals surface area contributed by atoms with Gasteiger partial charge in [0, 0.05) is 31.9 Å². The van der Waals surface area contributed by atoms with Gasteiger partial charge in [0.2, 0.25) is 5.82 Å². The molecule has 1 N–H and O–H groups in total. The Morgan fingerprint density at radius 3 is 2.61 bits per heavy atom. The van der Waals surface area contributed by atoms with E-state index < -0.39 is 0 Å². The highest BCUT2D eigenvalue weighted by molar-refractivity contribution is 7.18. The van der Waals surface area contributed by atoms with Crippen molar-refractivity contribution in [3.63, 3.8) is 0 Å². The van der Waals surface area contributed by atoms with Gasteiger partial charge in [0.15, 0.2) is 0 Å². The van der Waals surface area contributed by atoms with Crippen LogP contribution in [0.5, 0.6) is 0 Å². The number of rotatable bonds is 6. The Hall–Kier alpha value is -2.91. The molecule has 0 spiro atoms. The van der Waals surface area contributed by atoms with Gasteiger partial charge >= 0.3 is 0 Å². The van der Waals surface area contributed by atoms with Crippen molar-refractivity contribution in [3.05, 3.63) is 47.1 Å². The molecule has 0 saturated carbocycles. The van der Waals surface area contributed by atoms with E-state index >= 15 is 0 Å². The maximum atomic E-state index is 5.01. The van der Waals surface area contributed by atoms with Crippen LogP contribution in [-0.4, -0.2) is 61.7 Å².